The summed E-state index contributed by atoms with van der Waals surface area (Å²) in [6, 6.07) is 0. The first-order chi connectivity index (χ1) is 9.18. The van der Waals surface area contributed by atoms with Gasteiger partial charge in [-0.3, -0.25) is 4.99 Å². The summed E-state index contributed by atoms with van der Waals surface area (Å²) in [5.41, 5.74) is 0.535. The average molecular weight is 263 g/mol. The van der Waals surface area contributed by atoms with Crippen molar-refractivity contribution in [2.45, 2.75) is 44.8 Å². The first-order valence-electron chi connectivity index (χ1n) is 7.80. The Morgan fingerprint density at radius 1 is 1.26 bits per heavy atom. The lowest BCUT2D eigenvalue weighted by molar-refractivity contribution is 0.0767. The van der Waals surface area contributed by atoms with Crippen LogP contribution in [0.5, 0.6) is 0 Å². The molecule has 4 fully saturated rings. The Morgan fingerprint density at radius 3 is 2.42 bits per heavy atom. The van der Waals surface area contributed by atoms with E-state index in [9.17, 15) is 0 Å². The second-order valence-electron chi connectivity index (χ2n) is 7.23. The molecule has 2 bridgehead atoms. The van der Waals surface area contributed by atoms with E-state index in [0.29, 0.717) is 17.6 Å². The normalized spacial score (nSPS) is 42.6. The van der Waals surface area contributed by atoms with E-state index in [0.717, 1.165) is 37.4 Å². The fourth-order valence-electron chi connectivity index (χ4n) is 4.15. The van der Waals surface area contributed by atoms with Gasteiger partial charge in [0.2, 0.25) is 0 Å². The zero-order valence-electron chi connectivity index (χ0n) is 12.1. The SMILES string of the molecule is CN=C(NCC1(C)CC1)N1CC2C3CCC(O3)C2C1. The van der Waals surface area contributed by atoms with Gasteiger partial charge in [-0.1, -0.05) is 6.92 Å². The number of ether oxygens (including phenoxy) is 1. The summed E-state index contributed by atoms with van der Waals surface area (Å²) in [6.07, 6.45) is 6.37. The van der Waals surface area contributed by atoms with Crippen LogP contribution in [0.25, 0.3) is 0 Å². The van der Waals surface area contributed by atoms with E-state index in [4.69, 9.17) is 4.74 Å². The molecule has 0 amide bonds. The molecule has 3 heterocycles. The Balaban J connectivity index is 1.39. The van der Waals surface area contributed by atoms with Gasteiger partial charge in [0.25, 0.3) is 0 Å². The molecular formula is C15H25N3O. The quantitative estimate of drug-likeness (QED) is 0.605. The largest absolute Gasteiger partial charge is 0.374 e. The van der Waals surface area contributed by atoms with Gasteiger partial charge in [-0.2, -0.15) is 0 Å². The summed E-state index contributed by atoms with van der Waals surface area (Å²) < 4.78 is 6.04. The fourth-order valence-corrected chi connectivity index (χ4v) is 4.15. The van der Waals surface area contributed by atoms with Crippen molar-refractivity contribution in [1.82, 2.24) is 10.2 Å². The Morgan fingerprint density at radius 2 is 1.89 bits per heavy atom. The molecule has 0 aromatic rings. The lowest BCUT2D eigenvalue weighted by Gasteiger charge is -2.24. The predicted molar refractivity (Wildman–Crippen MR) is 75.2 cm³/mol. The number of nitrogens with zero attached hydrogens (tertiary/aromatic N) is 2. The van der Waals surface area contributed by atoms with Crippen LogP contribution >= 0.6 is 0 Å². The van der Waals surface area contributed by atoms with Crippen molar-refractivity contribution in [1.29, 1.82) is 0 Å². The van der Waals surface area contributed by atoms with Crippen LogP contribution in [-0.4, -0.2) is 49.7 Å². The van der Waals surface area contributed by atoms with E-state index >= 15 is 0 Å². The molecule has 0 spiro atoms. The lowest BCUT2D eigenvalue weighted by atomic mass is 9.82. The Bertz CT molecular complexity index is 386. The molecule has 4 unspecified atom stereocenters. The highest BCUT2D eigenvalue weighted by Gasteiger charge is 2.53. The van der Waals surface area contributed by atoms with Crippen LogP contribution in [0.3, 0.4) is 0 Å². The maximum atomic E-state index is 6.04. The van der Waals surface area contributed by atoms with Gasteiger partial charge in [0.15, 0.2) is 5.96 Å². The molecule has 1 aliphatic carbocycles. The van der Waals surface area contributed by atoms with E-state index in [2.05, 4.69) is 22.1 Å². The minimum absolute atomic E-state index is 0.535. The van der Waals surface area contributed by atoms with Gasteiger partial charge in [0.1, 0.15) is 0 Å². The minimum Gasteiger partial charge on any atom is -0.374 e. The van der Waals surface area contributed by atoms with Crippen molar-refractivity contribution in [3.05, 3.63) is 0 Å². The second-order valence-corrected chi connectivity index (χ2v) is 7.23. The molecule has 4 atom stereocenters. The van der Waals surface area contributed by atoms with Gasteiger partial charge < -0.3 is 15.0 Å². The third-order valence-corrected chi connectivity index (χ3v) is 5.74. The third kappa shape index (κ3) is 1.95. The molecule has 0 aromatic carbocycles. The molecule has 3 aliphatic heterocycles. The standard InChI is InChI=1S/C15H25N3O/c1-15(5-6-15)9-17-14(16-2)18-7-10-11(8-18)13-4-3-12(10)19-13/h10-13H,3-9H2,1-2H3,(H,16,17). The number of rotatable bonds is 2. The average Bonchev–Trinajstić information content (AvgIpc) is 2.85. The van der Waals surface area contributed by atoms with Crippen molar-refractivity contribution >= 4 is 5.96 Å². The molecule has 106 valence electrons. The van der Waals surface area contributed by atoms with Crippen molar-refractivity contribution in [3.8, 4) is 0 Å². The molecule has 4 aliphatic rings. The molecule has 4 nitrogen and oxygen atoms in total. The summed E-state index contributed by atoms with van der Waals surface area (Å²) in [7, 11) is 1.91. The predicted octanol–water partition coefficient (Wildman–Crippen LogP) is 1.47. The highest BCUT2D eigenvalue weighted by molar-refractivity contribution is 5.80. The number of hydrogen-bond acceptors (Lipinski definition) is 2. The number of guanidine groups is 1. The first kappa shape index (κ1) is 12.0. The first-order valence-corrected chi connectivity index (χ1v) is 7.80. The number of nitrogens with one attached hydrogen (secondary N) is 1. The number of fused-ring (bicyclic) bond motifs is 5. The van der Waals surface area contributed by atoms with Crippen LogP contribution in [0, 0.1) is 17.3 Å². The van der Waals surface area contributed by atoms with Gasteiger partial charge in [-0.05, 0) is 31.1 Å². The number of likely N-dealkylation sites (tertiary alicyclic amines) is 1. The smallest absolute Gasteiger partial charge is 0.193 e. The van der Waals surface area contributed by atoms with Crippen LogP contribution in [0.2, 0.25) is 0 Å². The van der Waals surface area contributed by atoms with E-state index in [1.807, 2.05) is 7.05 Å². The molecule has 0 aromatic heterocycles. The van der Waals surface area contributed by atoms with Crippen LogP contribution in [0.4, 0.5) is 0 Å². The van der Waals surface area contributed by atoms with E-state index < -0.39 is 0 Å². The number of aliphatic imine (C=N–C) groups is 1. The maximum absolute atomic E-state index is 6.04. The van der Waals surface area contributed by atoms with Crippen molar-refractivity contribution < 1.29 is 4.74 Å². The summed E-state index contributed by atoms with van der Waals surface area (Å²) in [5.74, 6) is 2.63. The highest BCUT2D eigenvalue weighted by atomic mass is 16.5. The van der Waals surface area contributed by atoms with Gasteiger partial charge in [-0.15, -0.1) is 0 Å². The molecule has 3 saturated heterocycles. The summed E-state index contributed by atoms with van der Waals surface area (Å²) in [5, 5.41) is 3.59. The fraction of sp³-hybridized carbons (Fsp3) is 0.933. The molecule has 1 N–H and O–H groups in total. The van der Waals surface area contributed by atoms with E-state index in [1.165, 1.54) is 25.7 Å². The van der Waals surface area contributed by atoms with Gasteiger partial charge >= 0.3 is 0 Å². The van der Waals surface area contributed by atoms with Gasteiger partial charge in [-0.25, -0.2) is 0 Å². The van der Waals surface area contributed by atoms with Crippen LogP contribution < -0.4 is 5.32 Å². The van der Waals surface area contributed by atoms with Crippen LogP contribution in [-0.2, 0) is 4.74 Å². The third-order valence-electron chi connectivity index (χ3n) is 5.74. The molecule has 4 heteroatoms. The van der Waals surface area contributed by atoms with Crippen LogP contribution in [0.1, 0.15) is 32.6 Å². The second kappa shape index (κ2) is 4.11. The molecule has 1 saturated carbocycles. The van der Waals surface area contributed by atoms with E-state index in [1.54, 1.807) is 0 Å². The summed E-state index contributed by atoms with van der Waals surface area (Å²) in [4.78, 5) is 6.96. The monoisotopic (exact) mass is 263 g/mol. The lowest BCUT2D eigenvalue weighted by Crippen LogP contribution is -2.43. The number of hydrogen-bond donors (Lipinski definition) is 1. The van der Waals surface area contributed by atoms with Gasteiger partial charge in [0.05, 0.1) is 12.2 Å². The highest BCUT2D eigenvalue weighted by Crippen LogP contribution is 2.47. The molecule has 4 rings (SSSR count). The van der Waals surface area contributed by atoms with Gasteiger partial charge in [0, 0.05) is 38.5 Å². The molecule has 0 radical (unpaired) electrons. The van der Waals surface area contributed by atoms with Crippen molar-refractivity contribution in [2.75, 3.05) is 26.7 Å². The minimum atomic E-state index is 0.535. The zero-order valence-corrected chi connectivity index (χ0v) is 12.1. The van der Waals surface area contributed by atoms with Crippen molar-refractivity contribution in [3.63, 3.8) is 0 Å². The topological polar surface area (TPSA) is 36.9 Å². The Kier molecular flexibility index (Phi) is 2.60. The van der Waals surface area contributed by atoms with E-state index in [-0.39, 0.29) is 0 Å². The van der Waals surface area contributed by atoms with Crippen molar-refractivity contribution in [2.24, 2.45) is 22.2 Å². The maximum Gasteiger partial charge on any atom is 0.193 e. The Labute approximate surface area is 115 Å². The summed E-state index contributed by atoms with van der Waals surface area (Å²) in [6.45, 7) is 5.72. The summed E-state index contributed by atoms with van der Waals surface area (Å²) >= 11 is 0. The zero-order chi connectivity index (χ0) is 13.0. The molecular weight excluding hydrogens is 238 g/mol. The molecule has 19 heavy (non-hydrogen) atoms. The Hall–Kier alpha value is -0.770. The van der Waals surface area contributed by atoms with Crippen LogP contribution in [0.15, 0.2) is 4.99 Å².